The molecule has 2 aliphatic rings. The van der Waals surface area contributed by atoms with E-state index < -0.39 is 0 Å². The summed E-state index contributed by atoms with van der Waals surface area (Å²) in [6, 6.07) is 11.1. The van der Waals surface area contributed by atoms with Crippen molar-refractivity contribution in [2.45, 2.75) is 44.3 Å². The number of nitrogens with two attached hydrogens (primary N) is 1. The Hall–Kier alpha value is -1.10. The van der Waals surface area contributed by atoms with Gasteiger partial charge in [0.2, 0.25) is 5.91 Å². The Kier molecular flexibility index (Phi) is 6.45. The second-order valence-corrected chi connectivity index (χ2v) is 6.88. The molecule has 3 atom stereocenters. The number of hydrogen-bond donors (Lipinski definition) is 1. The highest BCUT2D eigenvalue weighted by molar-refractivity contribution is 5.85. The van der Waals surface area contributed by atoms with Crippen molar-refractivity contribution in [2.75, 3.05) is 20.1 Å². The number of benzene rings is 1. The zero-order chi connectivity index (χ0) is 15.5. The number of likely N-dealkylation sites (tertiary alicyclic amines) is 1. The van der Waals surface area contributed by atoms with Gasteiger partial charge in [0.15, 0.2) is 0 Å². The smallest absolute Gasteiger partial charge is 0.225 e. The predicted octanol–water partition coefficient (Wildman–Crippen LogP) is 2.27. The van der Waals surface area contributed by atoms with Crippen LogP contribution in [0, 0.1) is 5.92 Å². The van der Waals surface area contributed by atoms with E-state index in [1.807, 2.05) is 11.9 Å². The molecule has 1 saturated carbocycles. The molecule has 23 heavy (non-hydrogen) atoms. The Bertz CT molecular complexity index is 510. The molecule has 1 saturated heterocycles. The lowest BCUT2D eigenvalue weighted by molar-refractivity contribution is -0.135. The molecule has 0 aromatic heterocycles. The Balaban J connectivity index is 0.00000192. The van der Waals surface area contributed by atoms with Crippen molar-refractivity contribution >= 4 is 18.3 Å². The Labute approximate surface area is 145 Å². The van der Waals surface area contributed by atoms with Crippen molar-refractivity contribution in [1.29, 1.82) is 0 Å². The molecule has 4 nitrogen and oxygen atoms in total. The van der Waals surface area contributed by atoms with E-state index in [4.69, 9.17) is 5.73 Å². The van der Waals surface area contributed by atoms with Crippen LogP contribution in [0.1, 0.15) is 31.2 Å². The molecule has 0 radical (unpaired) electrons. The summed E-state index contributed by atoms with van der Waals surface area (Å²) in [6.45, 7) is 3.03. The summed E-state index contributed by atoms with van der Waals surface area (Å²) in [6.07, 6.45) is 3.90. The van der Waals surface area contributed by atoms with Gasteiger partial charge in [-0.15, -0.1) is 12.4 Å². The number of hydrogen-bond acceptors (Lipinski definition) is 3. The SMILES string of the molecule is CN(C(=O)C1CCC(N)C1)C1CCN(Cc2ccccc2)C1.Cl. The van der Waals surface area contributed by atoms with Gasteiger partial charge in [0.1, 0.15) is 0 Å². The van der Waals surface area contributed by atoms with E-state index in [0.717, 1.165) is 45.3 Å². The van der Waals surface area contributed by atoms with Gasteiger partial charge in [-0.2, -0.15) is 0 Å². The molecule has 2 fully saturated rings. The van der Waals surface area contributed by atoms with Crippen LogP contribution in [-0.4, -0.2) is 47.9 Å². The van der Waals surface area contributed by atoms with Crippen molar-refractivity contribution in [3.05, 3.63) is 35.9 Å². The van der Waals surface area contributed by atoms with Crippen LogP contribution in [0.2, 0.25) is 0 Å². The number of rotatable bonds is 4. The van der Waals surface area contributed by atoms with Gasteiger partial charge in [0.25, 0.3) is 0 Å². The van der Waals surface area contributed by atoms with E-state index >= 15 is 0 Å². The van der Waals surface area contributed by atoms with Gasteiger partial charge in [-0.25, -0.2) is 0 Å². The summed E-state index contributed by atoms with van der Waals surface area (Å²) in [7, 11) is 1.98. The van der Waals surface area contributed by atoms with Crippen molar-refractivity contribution in [3.8, 4) is 0 Å². The molecule has 1 aromatic carbocycles. The fourth-order valence-electron chi connectivity index (χ4n) is 3.82. The molecule has 1 aliphatic heterocycles. The van der Waals surface area contributed by atoms with E-state index in [-0.39, 0.29) is 24.4 Å². The monoisotopic (exact) mass is 337 g/mol. The summed E-state index contributed by atoms with van der Waals surface area (Å²) in [5.41, 5.74) is 7.29. The second-order valence-electron chi connectivity index (χ2n) is 6.88. The van der Waals surface area contributed by atoms with Crippen LogP contribution >= 0.6 is 12.4 Å². The van der Waals surface area contributed by atoms with Crippen LogP contribution < -0.4 is 5.73 Å². The van der Waals surface area contributed by atoms with Crippen LogP contribution in [0.15, 0.2) is 30.3 Å². The third-order valence-corrected chi connectivity index (χ3v) is 5.21. The molecule has 3 unspecified atom stereocenters. The molecule has 0 bridgehead atoms. The average molecular weight is 338 g/mol. The first kappa shape index (κ1) is 18.2. The van der Waals surface area contributed by atoms with E-state index in [9.17, 15) is 4.79 Å². The zero-order valence-electron chi connectivity index (χ0n) is 13.9. The van der Waals surface area contributed by atoms with Crippen LogP contribution in [0.25, 0.3) is 0 Å². The van der Waals surface area contributed by atoms with Crippen LogP contribution in [0.4, 0.5) is 0 Å². The molecule has 1 aromatic rings. The van der Waals surface area contributed by atoms with E-state index in [1.54, 1.807) is 0 Å². The molecule has 0 spiro atoms. The van der Waals surface area contributed by atoms with Gasteiger partial charge in [0, 0.05) is 44.7 Å². The van der Waals surface area contributed by atoms with Crippen LogP contribution in [0.3, 0.4) is 0 Å². The second kappa shape index (κ2) is 8.13. The minimum absolute atomic E-state index is 0. The number of amides is 1. The molecule has 1 amide bonds. The van der Waals surface area contributed by atoms with Crippen molar-refractivity contribution < 1.29 is 4.79 Å². The van der Waals surface area contributed by atoms with Gasteiger partial charge in [0.05, 0.1) is 0 Å². The third-order valence-electron chi connectivity index (χ3n) is 5.21. The van der Waals surface area contributed by atoms with Gasteiger partial charge >= 0.3 is 0 Å². The molecular weight excluding hydrogens is 310 g/mol. The normalized spacial score (nSPS) is 27.7. The topological polar surface area (TPSA) is 49.6 Å². The maximum atomic E-state index is 12.6. The highest BCUT2D eigenvalue weighted by atomic mass is 35.5. The lowest BCUT2D eigenvalue weighted by Crippen LogP contribution is -2.42. The third kappa shape index (κ3) is 4.46. The summed E-state index contributed by atoms with van der Waals surface area (Å²) in [4.78, 5) is 17.0. The van der Waals surface area contributed by atoms with Gasteiger partial charge in [-0.1, -0.05) is 30.3 Å². The molecular formula is C18H28ClN3O. The summed E-state index contributed by atoms with van der Waals surface area (Å²) >= 11 is 0. The van der Waals surface area contributed by atoms with Gasteiger partial charge in [-0.05, 0) is 31.2 Å². The first-order valence-electron chi connectivity index (χ1n) is 8.42. The number of carbonyl (C=O) groups is 1. The summed E-state index contributed by atoms with van der Waals surface area (Å²) < 4.78 is 0. The average Bonchev–Trinajstić information content (AvgIpc) is 3.16. The number of nitrogens with zero attached hydrogens (tertiary/aromatic N) is 2. The number of halogens is 1. The molecule has 3 rings (SSSR count). The number of carbonyl (C=O) groups excluding carboxylic acids is 1. The largest absolute Gasteiger partial charge is 0.341 e. The quantitative estimate of drug-likeness (QED) is 0.917. The highest BCUT2D eigenvalue weighted by Gasteiger charge is 2.34. The minimum atomic E-state index is 0. The highest BCUT2D eigenvalue weighted by Crippen LogP contribution is 2.27. The molecule has 2 N–H and O–H groups in total. The minimum Gasteiger partial charge on any atom is -0.341 e. The summed E-state index contributed by atoms with van der Waals surface area (Å²) in [5, 5.41) is 0. The Morgan fingerprint density at radius 2 is 2.00 bits per heavy atom. The van der Waals surface area contributed by atoms with E-state index in [0.29, 0.717) is 11.9 Å². The molecule has 1 heterocycles. The first-order valence-corrected chi connectivity index (χ1v) is 8.42. The lowest BCUT2D eigenvalue weighted by atomic mass is 10.1. The van der Waals surface area contributed by atoms with Crippen LogP contribution in [0.5, 0.6) is 0 Å². The van der Waals surface area contributed by atoms with Crippen molar-refractivity contribution in [3.63, 3.8) is 0 Å². The molecule has 5 heteroatoms. The maximum absolute atomic E-state index is 12.6. The first-order chi connectivity index (χ1) is 10.6. The van der Waals surface area contributed by atoms with Crippen molar-refractivity contribution in [2.24, 2.45) is 11.7 Å². The fourth-order valence-corrected chi connectivity index (χ4v) is 3.82. The van der Waals surface area contributed by atoms with E-state index in [1.165, 1.54) is 5.56 Å². The van der Waals surface area contributed by atoms with Crippen molar-refractivity contribution in [1.82, 2.24) is 9.80 Å². The zero-order valence-corrected chi connectivity index (χ0v) is 14.7. The maximum Gasteiger partial charge on any atom is 0.225 e. The number of likely N-dealkylation sites (N-methyl/N-ethyl adjacent to an activating group) is 1. The van der Waals surface area contributed by atoms with Gasteiger partial charge < -0.3 is 10.6 Å². The summed E-state index contributed by atoms with van der Waals surface area (Å²) in [5.74, 6) is 0.461. The Morgan fingerprint density at radius 3 is 2.65 bits per heavy atom. The van der Waals surface area contributed by atoms with Gasteiger partial charge in [-0.3, -0.25) is 9.69 Å². The Morgan fingerprint density at radius 1 is 1.26 bits per heavy atom. The standard InChI is InChI=1S/C18H27N3O.ClH/c1-20(18(22)15-7-8-16(19)11-15)17-9-10-21(13-17)12-14-5-3-2-4-6-14;/h2-6,15-17H,7-13,19H2,1H3;1H. The molecule has 1 aliphatic carbocycles. The van der Waals surface area contributed by atoms with E-state index in [2.05, 4.69) is 35.2 Å². The predicted molar refractivity (Wildman–Crippen MR) is 95.5 cm³/mol. The lowest BCUT2D eigenvalue weighted by Gasteiger charge is -2.27. The molecule has 128 valence electrons. The van der Waals surface area contributed by atoms with Crippen LogP contribution in [-0.2, 0) is 11.3 Å². The fraction of sp³-hybridized carbons (Fsp3) is 0.611.